The maximum atomic E-state index is 5.04. The molecule has 0 aromatic carbocycles. The SMILES string of the molecule is CC(C)CN(CC(C)C)C(=S)S.CC(C)CN(CC(C)C)C(=S)S.[S-2].[S-2].[Zn+2].[Zn+2].[Zn+2]. The van der Waals surface area contributed by atoms with Gasteiger partial charge in [0.15, 0.2) is 0 Å². The second kappa shape index (κ2) is 29.1. The number of thiocarbonyl (C=S) groups is 2. The average molecular weight is 671 g/mol. The summed E-state index contributed by atoms with van der Waals surface area (Å²) >= 11 is 18.5. The van der Waals surface area contributed by atoms with Gasteiger partial charge in [-0.15, -0.1) is 25.3 Å². The van der Waals surface area contributed by atoms with E-state index in [4.69, 9.17) is 24.4 Å². The molecule has 0 heterocycles. The van der Waals surface area contributed by atoms with Crippen LogP contribution in [0.15, 0.2) is 0 Å². The van der Waals surface area contributed by atoms with Crippen molar-refractivity contribution in [1.29, 1.82) is 0 Å². The molecule has 0 saturated heterocycles. The molecule has 0 aliphatic carbocycles. The van der Waals surface area contributed by atoms with Crippen LogP contribution in [0.25, 0.3) is 0 Å². The quantitative estimate of drug-likeness (QED) is 0.197. The van der Waals surface area contributed by atoms with E-state index in [1.807, 2.05) is 0 Å². The first-order valence-electron chi connectivity index (χ1n) is 8.82. The Bertz CT molecular complexity index is 320. The monoisotopic (exact) mass is 666 g/mol. The molecule has 2 nitrogen and oxygen atoms in total. The molecular formula is C18H38N2S6Zn3+2. The molecule has 0 atom stereocenters. The Labute approximate surface area is 256 Å². The number of hydrogen-bond acceptors (Lipinski definition) is 2. The van der Waals surface area contributed by atoms with Crippen LogP contribution in [-0.4, -0.2) is 44.6 Å². The van der Waals surface area contributed by atoms with Gasteiger partial charge in [0, 0.05) is 26.2 Å². The number of rotatable bonds is 8. The molecule has 0 spiro atoms. The predicted octanol–water partition coefficient (Wildman–Crippen LogP) is 5.62. The van der Waals surface area contributed by atoms with Crippen LogP contribution in [0.5, 0.6) is 0 Å². The number of thiol groups is 2. The van der Waals surface area contributed by atoms with Gasteiger partial charge < -0.3 is 36.8 Å². The van der Waals surface area contributed by atoms with Gasteiger partial charge in [0.05, 0.1) is 0 Å². The molecule has 0 radical (unpaired) electrons. The van der Waals surface area contributed by atoms with E-state index in [0.29, 0.717) is 23.7 Å². The molecule has 11 heteroatoms. The summed E-state index contributed by atoms with van der Waals surface area (Å²) in [6.45, 7) is 21.6. The van der Waals surface area contributed by atoms with Gasteiger partial charge in [-0.1, -0.05) is 79.8 Å². The standard InChI is InChI=1S/2C9H19NS2.2S.3Zn/c2*1-7(2)5-10(9(11)12)6-8(3)4;;;;;/h2*7-8H,5-6H2,1-4H3,(H,11,12);;;;;/q;;2*-2;3*+2. The van der Waals surface area contributed by atoms with Crippen molar-refractivity contribution in [2.45, 2.75) is 55.4 Å². The topological polar surface area (TPSA) is 6.48 Å². The Morgan fingerprint density at radius 2 is 0.690 bits per heavy atom. The number of nitrogens with zero attached hydrogens (tertiary/aromatic N) is 2. The van der Waals surface area contributed by atoms with Crippen molar-refractivity contribution in [2.24, 2.45) is 23.7 Å². The van der Waals surface area contributed by atoms with Crippen molar-refractivity contribution in [3.63, 3.8) is 0 Å². The summed E-state index contributed by atoms with van der Waals surface area (Å²) in [5, 5.41) is 0. The Balaban J connectivity index is -0.0000000569. The Morgan fingerprint density at radius 1 is 0.552 bits per heavy atom. The molecule has 0 fully saturated rings. The largest absolute Gasteiger partial charge is 2.00 e. The fraction of sp³-hybridized carbons (Fsp3) is 0.889. The zero-order chi connectivity index (χ0) is 19.4. The van der Waals surface area contributed by atoms with Crippen LogP contribution < -0.4 is 0 Å². The van der Waals surface area contributed by atoms with Gasteiger partial charge in [-0.05, 0) is 23.7 Å². The van der Waals surface area contributed by atoms with E-state index in [2.05, 4.69) is 90.4 Å². The van der Waals surface area contributed by atoms with Crippen molar-refractivity contribution in [3.8, 4) is 0 Å². The average Bonchev–Trinajstić information content (AvgIpc) is 2.35. The molecule has 0 unspecified atom stereocenters. The van der Waals surface area contributed by atoms with Gasteiger partial charge in [0.1, 0.15) is 8.64 Å². The second-order valence-corrected chi connectivity index (χ2v) is 10.2. The number of hydrogen-bond donors (Lipinski definition) is 2. The van der Waals surface area contributed by atoms with Crippen LogP contribution in [0.4, 0.5) is 0 Å². The minimum Gasteiger partial charge on any atom is -2.00 e. The summed E-state index contributed by atoms with van der Waals surface area (Å²) in [5.41, 5.74) is 0. The normalized spacial score (nSPS) is 9.03. The maximum Gasteiger partial charge on any atom is 2.00 e. The molecule has 0 N–H and O–H groups in total. The minimum atomic E-state index is 0. The third kappa shape index (κ3) is 35.8. The Hall–Kier alpha value is 3.05. The van der Waals surface area contributed by atoms with E-state index in [0.717, 1.165) is 34.8 Å². The van der Waals surface area contributed by atoms with E-state index in [-0.39, 0.29) is 85.4 Å². The summed E-state index contributed by atoms with van der Waals surface area (Å²) < 4.78 is 1.44. The fourth-order valence-electron chi connectivity index (χ4n) is 2.22. The van der Waals surface area contributed by atoms with Gasteiger partial charge >= 0.3 is 58.4 Å². The van der Waals surface area contributed by atoms with E-state index in [1.165, 1.54) is 0 Å². The molecular weight excluding hydrogens is 633 g/mol. The van der Waals surface area contributed by atoms with Crippen LogP contribution in [0.1, 0.15) is 55.4 Å². The van der Waals surface area contributed by atoms with Crippen molar-refractivity contribution in [1.82, 2.24) is 9.80 Å². The molecule has 0 aromatic heterocycles. The molecule has 29 heavy (non-hydrogen) atoms. The van der Waals surface area contributed by atoms with Gasteiger partial charge in [0.25, 0.3) is 0 Å². The zero-order valence-electron chi connectivity index (χ0n) is 19.7. The zero-order valence-corrected chi connectivity index (χ0v) is 33.6. The van der Waals surface area contributed by atoms with Gasteiger partial charge in [0.2, 0.25) is 0 Å². The molecule has 0 aliphatic heterocycles. The summed E-state index contributed by atoms with van der Waals surface area (Å²) in [5.74, 6) is 2.59. The van der Waals surface area contributed by atoms with Crippen molar-refractivity contribution in [3.05, 3.63) is 0 Å². The van der Waals surface area contributed by atoms with Crippen LogP contribution in [0, 0.1) is 23.7 Å². The van der Waals surface area contributed by atoms with Gasteiger partial charge in [-0.2, -0.15) is 0 Å². The second-order valence-electron chi connectivity index (χ2n) is 7.95. The molecule has 0 bridgehead atoms. The molecule has 0 rings (SSSR count). The van der Waals surface area contributed by atoms with Crippen LogP contribution in [0.2, 0.25) is 0 Å². The molecule has 0 saturated carbocycles. The maximum absolute atomic E-state index is 5.04. The van der Waals surface area contributed by atoms with Crippen molar-refractivity contribution in [2.75, 3.05) is 26.2 Å². The first kappa shape index (κ1) is 49.2. The van der Waals surface area contributed by atoms with Crippen molar-refractivity contribution < 1.29 is 58.4 Å². The van der Waals surface area contributed by atoms with Gasteiger partial charge in [-0.3, -0.25) is 0 Å². The molecule has 0 aliphatic rings. The third-order valence-electron chi connectivity index (χ3n) is 2.88. The first-order valence-corrected chi connectivity index (χ1v) is 10.5. The smallest absolute Gasteiger partial charge is 2.00 e. The summed E-state index contributed by atoms with van der Waals surface area (Å²) in [4.78, 5) is 4.32. The van der Waals surface area contributed by atoms with Crippen molar-refractivity contribution >= 4 is 85.3 Å². The Morgan fingerprint density at radius 3 is 0.759 bits per heavy atom. The minimum absolute atomic E-state index is 0. The first-order chi connectivity index (χ1) is 10.9. The van der Waals surface area contributed by atoms with E-state index >= 15 is 0 Å². The predicted molar refractivity (Wildman–Crippen MR) is 140 cm³/mol. The summed E-state index contributed by atoms with van der Waals surface area (Å²) in [6, 6.07) is 0. The molecule has 160 valence electrons. The van der Waals surface area contributed by atoms with Crippen LogP contribution >= 0.6 is 49.7 Å². The van der Waals surface area contributed by atoms with E-state index in [9.17, 15) is 0 Å². The third-order valence-corrected chi connectivity index (χ3v) is 3.97. The van der Waals surface area contributed by atoms with E-state index in [1.54, 1.807) is 0 Å². The van der Waals surface area contributed by atoms with E-state index < -0.39 is 0 Å². The van der Waals surface area contributed by atoms with Gasteiger partial charge in [-0.25, -0.2) is 0 Å². The fourth-order valence-corrected chi connectivity index (χ4v) is 2.85. The van der Waals surface area contributed by atoms with Crippen LogP contribution in [-0.2, 0) is 85.4 Å². The summed E-state index contributed by atoms with van der Waals surface area (Å²) in [7, 11) is 0. The molecule has 0 aromatic rings. The summed E-state index contributed by atoms with van der Waals surface area (Å²) in [6.07, 6.45) is 0. The van der Waals surface area contributed by atoms with Crippen LogP contribution in [0.3, 0.4) is 0 Å². The molecule has 0 amide bonds. The Kier molecular flexibility index (Phi) is 49.4.